The maximum Gasteiger partial charge on any atom is 0.336 e. The van der Waals surface area contributed by atoms with E-state index in [2.05, 4.69) is 0 Å². The number of hydrogen-bond donors (Lipinski definition) is 0. The second-order valence-corrected chi connectivity index (χ2v) is 5.53. The molecule has 0 saturated heterocycles. The Morgan fingerprint density at radius 1 is 1.13 bits per heavy atom. The Morgan fingerprint density at radius 3 is 2.70 bits per heavy atom. The Morgan fingerprint density at radius 2 is 1.91 bits per heavy atom. The molecule has 0 N–H and O–H groups in total. The Bertz CT molecular complexity index is 915. The molecule has 4 nitrogen and oxygen atoms in total. The van der Waals surface area contributed by atoms with Crippen molar-refractivity contribution in [2.75, 3.05) is 7.11 Å². The van der Waals surface area contributed by atoms with Crippen molar-refractivity contribution in [3.05, 3.63) is 69.0 Å². The van der Waals surface area contributed by atoms with E-state index in [0.717, 1.165) is 22.3 Å². The smallest absolute Gasteiger partial charge is 0.336 e. The number of methoxy groups -OCH3 is 1. The lowest BCUT2D eigenvalue weighted by Gasteiger charge is -2.12. The van der Waals surface area contributed by atoms with Gasteiger partial charge in [0.25, 0.3) is 0 Å². The Hall–Kier alpha value is -2.46. The van der Waals surface area contributed by atoms with Gasteiger partial charge in [-0.15, -0.1) is 0 Å². The third-order valence-corrected chi connectivity index (χ3v) is 3.87. The van der Waals surface area contributed by atoms with Crippen LogP contribution in [0.4, 0.5) is 0 Å². The Labute approximate surface area is 138 Å². The summed E-state index contributed by atoms with van der Waals surface area (Å²) in [7, 11) is 1.61. The Balaban J connectivity index is 1.94. The normalized spacial score (nSPS) is 10.7. The van der Waals surface area contributed by atoms with Gasteiger partial charge in [0.2, 0.25) is 0 Å². The van der Waals surface area contributed by atoms with E-state index in [1.165, 1.54) is 6.07 Å². The second-order valence-electron chi connectivity index (χ2n) is 5.13. The summed E-state index contributed by atoms with van der Waals surface area (Å²) < 4.78 is 16.3. The molecule has 1 heterocycles. The number of fused-ring (bicyclic) bond motifs is 1. The molecule has 118 valence electrons. The number of halogens is 1. The van der Waals surface area contributed by atoms with E-state index in [0.29, 0.717) is 23.0 Å². The zero-order chi connectivity index (χ0) is 16.4. The van der Waals surface area contributed by atoms with Gasteiger partial charge in [-0.2, -0.15) is 0 Å². The van der Waals surface area contributed by atoms with E-state index in [1.807, 2.05) is 31.2 Å². The van der Waals surface area contributed by atoms with Crippen molar-refractivity contribution in [2.24, 2.45) is 0 Å². The number of hydrogen-bond acceptors (Lipinski definition) is 4. The molecule has 0 unspecified atom stereocenters. The molecule has 0 aliphatic rings. The van der Waals surface area contributed by atoms with E-state index >= 15 is 0 Å². The largest absolute Gasteiger partial charge is 0.496 e. The minimum absolute atomic E-state index is 0.297. The highest BCUT2D eigenvalue weighted by atomic mass is 35.5. The van der Waals surface area contributed by atoms with Crippen molar-refractivity contribution in [2.45, 2.75) is 13.5 Å². The van der Waals surface area contributed by atoms with Gasteiger partial charge in [0.1, 0.15) is 23.7 Å². The van der Waals surface area contributed by atoms with Crippen molar-refractivity contribution < 1.29 is 13.9 Å². The maximum absolute atomic E-state index is 11.5. The van der Waals surface area contributed by atoms with Gasteiger partial charge < -0.3 is 13.9 Å². The van der Waals surface area contributed by atoms with Gasteiger partial charge in [0.15, 0.2) is 0 Å². The summed E-state index contributed by atoms with van der Waals surface area (Å²) in [5, 5.41) is 1.25. The monoisotopic (exact) mass is 330 g/mol. The molecule has 0 radical (unpaired) electrons. The van der Waals surface area contributed by atoms with Gasteiger partial charge in [-0.3, -0.25) is 0 Å². The summed E-state index contributed by atoms with van der Waals surface area (Å²) in [6.07, 6.45) is 0. The average molecular weight is 331 g/mol. The predicted octanol–water partition coefficient (Wildman–Crippen LogP) is 4.34. The van der Waals surface area contributed by atoms with Crippen LogP contribution >= 0.6 is 11.6 Å². The van der Waals surface area contributed by atoms with Crippen LogP contribution in [-0.4, -0.2) is 7.11 Å². The Kier molecular flexibility index (Phi) is 4.26. The highest BCUT2D eigenvalue weighted by molar-refractivity contribution is 6.32. The lowest BCUT2D eigenvalue weighted by molar-refractivity contribution is 0.297. The molecule has 0 spiro atoms. The van der Waals surface area contributed by atoms with Crippen LogP contribution in [0.15, 0.2) is 51.7 Å². The number of aryl methyl sites for hydroxylation is 1. The summed E-state index contributed by atoms with van der Waals surface area (Å²) >= 11 is 6.28. The zero-order valence-corrected chi connectivity index (χ0v) is 13.5. The van der Waals surface area contributed by atoms with E-state index in [4.69, 9.17) is 25.5 Å². The first kappa shape index (κ1) is 15.4. The van der Waals surface area contributed by atoms with Gasteiger partial charge in [-0.05, 0) is 24.6 Å². The summed E-state index contributed by atoms with van der Waals surface area (Å²) in [5.41, 5.74) is 1.77. The minimum Gasteiger partial charge on any atom is -0.496 e. The molecule has 3 aromatic rings. The van der Waals surface area contributed by atoms with Gasteiger partial charge in [0.05, 0.1) is 12.1 Å². The lowest BCUT2D eigenvalue weighted by Crippen LogP contribution is -2.01. The van der Waals surface area contributed by atoms with Crippen molar-refractivity contribution >= 4 is 22.6 Å². The second kappa shape index (κ2) is 6.34. The van der Waals surface area contributed by atoms with Crippen LogP contribution in [0.2, 0.25) is 5.02 Å². The molecule has 2 aromatic carbocycles. The third-order valence-electron chi connectivity index (χ3n) is 3.58. The molecule has 0 atom stereocenters. The summed E-state index contributed by atoms with van der Waals surface area (Å²) in [6.45, 7) is 2.14. The molecule has 23 heavy (non-hydrogen) atoms. The SMILES string of the molecule is COc1ccccc1COc1cc2oc(=O)cc(C)c2cc1Cl. The summed E-state index contributed by atoms with van der Waals surface area (Å²) in [4.78, 5) is 11.5. The number of para-hydroxylation sites is 1. The first-order valence-electron chi connectivity index (χ1n) is 7.07. The molecule has 5 heteroatoms. The molecule has 0 saturated carbocycles. The quantitative estimate of drug-likeness (QED) is 0.668. The fourth-order valence-electron chi connectivity index (χ4n) is 2.41. The molecule has 0 aliphatic heterocycles. The van der Waals surface area contributed by atoms with Crippen molar-refractivity contribution in [1.29, 1.82) is 0 Å². The van der Waals surface area contributed by atoms with Crippen LogP contribution in [0.5, 0.6) is 11.5 Å². The van der Waals surface area contributed by atoms with Gasteiger partial charge in [-0.25, -0.2) is 4.79 Å². The molecule has 0 fully saturated rings. The molecule has 1 aromatic heterocycles. The van der Waals surface area contributed by atoms with Crippen LogP contribution in [-0.2, 0) is 6.61 Å². The maximum atomic E-state index is 11.5. The molecule has 0 aliphatic carbocycles. The number of benzene rings is 2. The zero-order valence-electron chi connectivity index (χ0n) is 12.8. The molecule has 0 amide bonds. The van der Waals surface area contributed by atoms with Crippen LogP contribution in [0, 0.1) is 6.92 Å². The van der Waals surface area contributed by atoms with E-state index < -0.39 is 5.63 Å². The van der Waals surface area contributed by atoms with Crippen LogP contribution in [0.3, 0.4) is 0 Å². The molecular weight excluding hydrogens is 316 g/mol. The number of rotatable bonds is 4. The first-order valence-corrected chi connectivity index (χ1v) is 7.45. The fraction of sp³-hybridized carbons (Fsp3) is 0.167. The summed E-state index contributed by atoms with van der Waals surface area (Å²) in [5.74, 6) is 1.20. The predicted molar refractivity (Wildman–Crippen MR) is 89.6 cm³/mol. The summed E-state index contributed by atoms with van der Waals surface area (Å²) in [6, 6.07) is 12.4. The van der Waals surface area contributed by atoms with Crippen molar-refractivity contribution in [1.82, 2.24) is 0 Å². The molecule has 0 bridgehead atoms. The van der Waals surface area contributed by atoms with E-state index in [-0.39, 0.29) is 0 Å². The topological polar surface area (TPSA) is 48.7 Å². The van der Waals surface area contributed by atoms with Crippen molar-refractivity contribution in [3.63, 3.8) is 0 Å². The van der Waals surface area contributed by atoms with Gasteiger partial charge >= 0.3 is 5.63 Å². The molecular formula is C18H15ClO4. The minimum atomic E-state index is -0.395. The third kappa shape index (κ3) is 3.17. The highest BCUT2D eigenvalue weighted by Crippen LogP contribution is 2.32. The van der Waals surface area contributed by atoms with Crippen LogP contribution in [0.25, 0.3) is 11.0 Å². The van der Waals surface area contributed by atoms with Crippen LogP contribution in [0.1, 0.15) is 11.1 Å². The van der Waals surface area contributed by atoms with Crippen LogP contribution < -0.4 is 15.1 Å². The molecule has 3 rings (SSSR count). The average Bonchev–Trinajstić information content (AvgIpc) is 2.54. The first-order chi connectivity index (χ1) is 11.1. The van der Waals surface area contributed by atoms with E-state index in [9.17, 15) is 4.79 Å². The van der Waals surface area contributed by atoms with E-state index in [1.54, 1.807) is 19.2 Å². The number of ether oxygens (including phenoxy) is 2. The van der Waals surface area contributed by atoms with Crippen molar-refractivity contribution in [3.8, 4) is 11.5 Å². The highest BCUT2D eigenvalue weighted by Gasteiger charge is 2.10. The lowest BCUT2D eigenvalue weighted by atomic mass is 10.1. The van der Waals surface area contributed by atoms with Gasteiger partial charge in [-0.1, -0.05) is 29.8 Å². The van der Waals surface area contributed by atoms with Gasteiger partial charge in [0, 0.05) is 23.1 Å². The fourth-order valence-corrected chi connectivity index (χ4v) is 2.63. The standard InChI is InChI=1S/C18H15ClO4/c1-11-7-18(20)23-16-9-17(14(19)8-13(11)16)22-10-12-5-3-4-6-15(12)21-2/h3-9H,10H2,1-2H3.